The van der Waals surface area contributed by atoms with E-state index in [4.69, 9.17) is 0 Å². The van der Waals surface area contributed by atoms with Gasteiger partial charge in [0.15, 0.2) is 0 Å². The van der Waals surface area contributed by atoms with Crippen LogP contribution in [0.3, 0.4) is 0 Å². The molecule has 0 spiro atoms. The van der Waals surface area contributed by atoms with Crippen molar-refractivity contribution in [1.82, 2.24) is 4.98 Å². The highest BCUT2D eigenvalue weighted by Crippen LogP contribution is 2.13. The summed E-state index contributed by atoms with van der Waals surface area (Å²) in [4.78, 5) is 34.6. The van der Waals surface area contributed by atoms with Crippen LogP contribution in [0.25, 0.3) is 0 Å². The first-order chi connectivity index (χ1) is 7.56. The largest absolute Gasteiger partial charge is 0.466 e. The van der Waals surface area contributed by atoms with E-state index in [9.17, 15) is 19.7 Å². The zero-order chi connectivity index (χ0) is 12.1. The zero-order valence-electron chi connectivity index (χ0n) is 8.56. The topological polar surface area (TPSA) is 102 Å². The molecule has 1 N–H and O–H groups in total. The predicted octanol–water partition coefficient (Wildman–Crippen LogP) is 0.389. The van der Waals surface area contributed by atoms with Crippen LogP contribution >= 0.6 is 0 Å². The van der Waals surface area contributed by atoms with Crippen LogP contribution < -0.4 is 5.56 Å². The minimum Gasteiger partial charge on any atom is -0.466 e. The lowest BCUT2D eigenvalue weighted by molar-refractivity contribution is -0.385. The summed E-state index contributed by atoms with van der Waals surface area (Å²) < 4.78 is 4.62. The number of nitro groups is 1. The summed E-state index contributed by atoms with van der Waals surface area (Å²) in [6, 6.07) is 1.13. The lowest BCUT2D eigenvalue weighted by atomic mass is 10.2. The molecular weight excluding hydrogens is 216 g/mol. The van der Waals surface area contributed by atoms with Gasteiger partial charge in [-0.25, -0.2) is 0 Å². The number of H-pyrrole nitrogens is 1. The van der Waals surface area contributed by atoms with E-state index in [2.05, 4.69) is 9.72 Å². The van der Waals surface area contributed by atoms with Crippen molar-refractivity contribution in [2.24, 2.45) is 0 Å². The highest BCUT2D eigenvalue weighted by molar-refractivity contribution is 5.73. The van der Waals surface area contributed by atoms with Crippen molar-refractivity contribution in [1.29, 1.82) is 0 Å². The summed E-state index contributed by atoms with van der Waals surface area (Å²) in [5.74, 6) is -0.665. The second kappa shape index (κ2) is 5.06. The van der Waals surface area contributed by atoms with Gasteiger partial charge in [0, 0.05) is 12.3 Å². The molecule has 0 saturated heterocycles. The minimum absolute atomic E-state index is 0.164. The number of aromatic amines is 1. The molecule has 7 nitrogen and oxygen atoms in total. The van der Waals surface area contributed by atoms with Gasteiger partial charge in [-0.05, 0) is 6.92 Å². The van der Waals surface area contributed by atoms with E-state index in [1.807, 2.05) is 0 Å². The molecule has 86 valence electrons. The van der Waals surface area contributed by atoms with E-state index in [-0.39, 0.29) is 17.9 Å². The maximum atomic E-state index is 11.3. The van der Waals surface area contributed by atoms with E-state index in [1.54, 1.807) is 6.92 Å². The third-order valence-electron chi connectivity index (χ3n) is 1.86. The number of esters is 1. The molecule has 1 rings (SSSR count). The van der Waals surface area contributed by atoms with E-state index in [0.717, 1.165) is 12.3 Å². The van der Waals surface area contributed by atoms with Crippen LogP contribution in [-0.4, -0.2) is 22.5 Å². The van der Waals surface area contributed by atoms with Gasteiger partial charge in [0.1, 0.15) is 5.56 Å². The lowest BCUT2D eigenvalue weighted by Gasteiger charge is -2.01. The summed E-state index contributed by atoms with van der Waals surface area (Å²) in [6.07, 6.45) is 0.759. The fourth-order valence-electron chi connectivity index (χ4n) is 1.20. The first kappa shape index (κ1) is 11.9. The van der Waals surface area contributed by atoms with Gasteiger partial charge in [-0.15, -0.1) is 0 Å². The van der Waals surface area contributed by atoms with Crippen LogP contribution in [0, 0.1) is 10.1 Å². The number of rotatable bonds is 4. The second-order valence-corrected chi connectivity index (χ2v) is 2.91. The Morgan fingerprint density at radius 3 is 2.88 bits per heavy atom. The maximum Gasteiger partial charge on any atom is 0.310 e. The van der Waals surface area contributed by atoms with Crippen molar-refractivity contribution < 1.29 is 14.5 Å². The Labute approximate surface area is 90.2 Å². The predicted molar refractivity (Wildman–Crippen MR) is 54.1 cm³/mol. The summed E-state index contributed by atoms with van der Waals surface area (Å²) in [5.41, 5.74) is -1.22. The number of aromatic nitrogens is 1. The average Bonchev–Trinajstić information content (AvgIpc) is 2.21. The molecule has 16 heavy (non-hydrogen) atoms. The highest BCUT2D eigenvalue weighted by Gasteiger charge is 2.20. The molecule has 0 aliphatic rings. The van der Waals surface area contributed by atoms with Crippen LogP contribution in [0.4, 0.5) is 5.69 Å². The average molecular weight is 226 g/mol. The van der Waals surface area contributed by atoms with E-state index >= 15 is 0 Å². The third-order valence-corrected chi connectivity index (χ3v) is 1.86. The number of nitrogens with zero attached hydrogens (tertiary/aromatic N) is 1. The molecule has 0 aliphatic heterocycles. The standard InChI is InChI=1S/C9H10N2O5/c1-2-16-8(12)5-6-7(11(14)15)3-4-10-9(6)13/h3-4H,2,5H2,1H3,(H,10,13). The van der Waals surface area contributed by atoms with Crippen molar-refractivity contribution in [3.8, 4) is 0 Å². The van der Waals surface area contributed by atoms with Crippen LogP contribution in [0.15, 0.2) is 17.1 Å². The number of hydrogen-bond acceptors (Lipinski definition) is 5. The Morgan fingerprint density at radius 1 is 1.62 bits per heavy atom. The molecule has 0 fully saturated rings. The SMILES string of the molecule is CCOC(=O)Cc1c([N+](=O)[O-])cc[nH]c1=O. The van der Waals surface area contributed by atoms with Crippen molar-refractivity contribution in [3.05, 3.63) is 38.3 Å². The molecule has 7 heteroatoms. The first-order valence-electron chi connectivity index (χ1n) is 4.56. The van der Waals surface area contributed by atoms with Crippen LogP contribution in [0.2, 0.25) is 0 Å². The normalized spacial score (nSPS) is 9.81. The number of ether oxygens (including phenoxy) is 1. The summed E-state index contributed by atoms with van der Waals surface area (Å²) >= 11 is 0. The number of carbonyl (C=O) groups is 1. The van der Waals surface area contributed by atoms with Gasteiger partial charge < -0.3 is 9.72 Å². The molecule has 0 aliphatic carbocycles. The maximum absolute atomic E-state index is 11.3. The molecule has 0 atom stereocenters. The molecule has 1 aromatic heterocycles. The van der Waals surface area contributed by atoms with Crippen molar-refractivity contribution >= 4 is 11.7 Å². The Hall–Kier alpha value is -2.18. The minimum atomic E-state index is -0.705. The van der Waals surface area contributed by atoms with Crippen LogP contribution in [0.1, 0.15) is 12.5 Å². The molecule has 0 amide bonds. The number of pyridine rings is 1. The molecule has 0 radical (unpaired) electrons. The Kier molecular flexibility index (Phi) is 3.76. The first-order valence-corrected chi connectivity index (χ1v) is 4.56. The quantitative estimate of drug-likeness (QED) is 0.454. The summed E-state index contributed by atoms with van der Waals surface area (Å²) in [6.45, 7) is 1.78. The van der Waals surface area contributed by atoms with E-state index in [1.165, 1.54) is 0 Å². The fourth-order valence-corrected chi connectivity index (χ4v) is 1.20. The van der Waals surface area contributed by atoms with Gasteiger partial charge >= 0.3 is 5.97 Å². The van der Waals surface area contributed by atoms with Gasteiger partial charge in [0.25, 0.3) is 11.2 Å². The Morgan fingerprint density at radius 2 is 2.31 bits per heavy atom. The number of carbonyl (C=O) groups excluding carboxylic acids is 1. The van der Waals surface area contributed by atoms with Gasteiger partial charge in [-0.1, -0.05) is 0 Å². The highest BCUT2D eigenvalue weighted by atomic mass is 16.6. The van der Waals surface area contributed by atoms with Crippen molar-refractivity contribution in [2.75, 3.05) is 6.61 Å². The smallest absolute Gasteiger partial charge is 0.310 e. The molecule has 1 heterocycles. The summed E-state index contributed by atoms with van der Waals surface area (Å²) in [7, 11) is 0. The third kappa shape index (κ3) is 2.66. The van der Waals surface area contributed by atoms with E-state index < -0.39 is 22.9 Å². The molecule has 0 aromatic carbocycles. The van der Waals surface area contributed by atoms with Gasteiger partial charge in [0.05, 0.1) is 18.0 Å². The number of nitrogens with one attached hydrogen (secondary N) is 1. The monoisotopic (exact) mass is 226 g/mol. The van der Waals surface area contributed by atoms with Crippen LogP contribution in [0.5, 0.6) is 0 Å². The van der Waals surface area contributed by atoms with Crippen molar-refractivity contribution in [3.63, 3.8) is 0 Å². The van der Waals surface area contributed by atoms with Gasteiger partial charge in [0.2, 0.25) is 0 Å². The molecule has 0 saturated carbocycles. The second-order valence-electron chi connectivity index (χ2n) is 2.91. The summed E-state index contributed by atoms with van der Waals surface area (Å²) in [5, 5.41) is 10.6. The lowest BCUT2D eigenvalue weighted by Crippen LogP contribution is -2.19. The van der Waals surface area contributed by atoms with Crippen molar-refractivity contribution in [2.45, 2.75) is 13.3 Å². The molecular formula is C9H10N2O5. The van der Waals surface area contributed by atoms with Gasteiger partial charge in [-0.3, -0.25) is 19.7 Å². The Balaban J connectivity index is 3.06. The van der Waals surface area contributed by atoms with Crippen LogP contribution in [-0.2, 0) is 16.0 Å². The van der Waals surface area contributed by atoms with Gasteiger partial charge in [-0.2, -0.15) is 0 Å². The molecule has 1 aromatic rings. The number of hydrogen-bond donors (Lipinski definition) is 1. The van der Waals surface area contributed by atoms with E-state index in [0.29, 0.717) is 0 Å². The molecule has 0 unspecified atom stereocenters. The Bertz CT molecular complexity index is 465. The molecule has 0 bridgehead atoms. The zero-order valence-corrected chi connectivity index (χ0v) is 8.56. The fraction of sp³-hybridized carbons (Fsp3) is 0.333.